The largest absolute Gasteiger partial charge is 0.476 e. The quantitative estimate of drug-likeness (QED) is 0.911. The highest BCUT2D eigenvalue weighted by atomic mass is 32.1. The van der Waals surface area contributed by atoms with Gasteiger partial charge in [0.1, 0.15) is 0 Å². The van der Waals surface area contributed by atoms with E-state index in [-0.39, 0.29) is 5.69 Å². The first-order chi connectivity index (χ1) is 8.61. The van der Waals surface area contributed by atoms with Crippen molar-refractivity contribution in [2.24, 2.45) is 0 Å². The molecule has 3 nitrogen and oxygen atoms in total. The fraction of sp³-hybridized carbons (Fsp3) is 0.286. The van der Waals surface area contributed by atoms with Crippen molar-refractivity contribution >= 4 is 17.3 Å². The van der Waals surface area contributed by atoms with Gasteiger partial charge in [0.25, 0.3) is 0 Å². The van der Waals surface area contributed by atoms with Crippen molar-refractivity contribution in [3.63, 3.8) is 0 Å². The molecule has 1 aromatic heterocycles. The van der Waals surface area contributed by atoms with Gasteiger partial charge in [0.2, 0.25) is 0 Å². The fourth-order valence-electron chi connectivity index (χ4n) is 1.73. The SMILES string of the molecule is CCCc1nc(C(=O)O)c(-c2ccc(C)cc2)s1. The molecule has 0 aliphatic heterocycles. The summed E-state index contributed by atoms with van der Waals surface area (Å²) in [6.45, 7) is 4.07. The van der Waals surface area contributed by atoms with E-state index in [9.17, 15) is 9.90 Å². The number of carboxylic acids is 1. The number of aryl methyl sites for hydroxylation is 2. The maximum absolute atomic E-state index is 11.2. The molecule has 0 spiro atoms. The predicted molar refractivity (Wildman–Crippen MR) is 73.2 cm³/mol. The van der Waals surface area contributed by atoms with Gasteiger partial charge in [0, 0.05) is 0 Å². The molecule has 0 atom stereocenters. The van der Waals surface area contributed by atoms with Crippen molar-refractivity contribution in [1.82, 2.24) is 4.98 Å². The smallest absolute Gasteiger partial charge is 0.356 e. The van der Waals surface area contributed by atoms with E-state index in [4.69, 9.17) is 0 Å². The minimum atomic E-state index is -0.954. The average molecular weight is 261 g/mol. The lowest BCUT2D eigenvalue weighted by Crippen LogP contribution is -1.99. The molecule has 0 aliphatic rings. The standard InChI is InChI=1S/C14H15NO2S/c1-3-4-11-15-12(14(16)17)13(18-11)10-7-5-9(2)6-8-10/h5-8H,3-4H2,1-2H3,(H,16,17). The van der Waals surface area contributed by atoms with E-state index >= 15 is 0 Å². The minimum absolute atomic E-state index is 0.173. The molecule has 0 amide bonds. The van der Waals surface area contributed by atoms with Gasteiger partial charge in [-0.3, -0.25) is 0 Å². The van der Waals surface area contributed by atoms with E-state index in [1.165, 1.54) is 11.3 Å². The molecule has 94 valence electrons. The van der Waals surface area contributed by atoms with Crippen molar-refractivity contribution in [3.8, 4) is 10.4 Å². The van der Waals surface area contributed by atoms with E-state index < -0.39 is 5.97 Å². The maximum Gasteiger partial charge on any atom is 0.356 e. The number of hydrogen-bond donors (Lipinski definition) is 1. The molecule has 0 radical (unpaired) electrons. The number of carboxylic acid groups (broad SMARTS) is 1. The van der Waals surface area contributed by atoms with Gasteiger partial charge in [-0.15, -0.1) is 11.3 Å². The number of benzene rings is 1. The summed E-state index contributed by atoms with van der Waals surface area (Å²) in [5.74, 6) is -0.954. The van der Waals surface area contributed by atoms with Gasteiger partial charge in [-0.05, 0) is 25.3 Å². The molecule has 0 fully saturated rings. The highest BCUT2D eigenvalue weighted by molar-refractivity contribution is 7.15. The van der Waals surface area contributed by atoms with Crippen LogP contribution in [0.4, 0.5) is 0 Å². The number of aromatic carboxylic acids is 1. The Balaban J connectivity index is 2.47. The van der Waals surface area contributed by atoms with Crippen LogP contribution in [0.3, 0.4) is 0 Å². The third kappa shape index (κ3) is 2.59. The van der Waals surface area contributed by atoms with Crippen molar-refractivity contribution in [1.29, 1.82) is 0 Å². The zero-order chi connectivity index (χ0) is 13.1. The van der Waals surface area contributed by atoms with Crippen LogP contribution in [0.2, 0.25) is 0 Å². The van der Waals surface area contributed by atoms with E-state index in [0.717, 1.165) is 33.9 Å². The first kappa shape index (κ1) is 12.8. The topological polar surface area (TPSA) is 50.2 Å². The van der Waals surface area contributed by atoms with Crippen molar-refractivity contribution in [3.05, 3.63) is 40.5 Å². The van der Waals surface area contributed by atoms with Crippen molar-refractivity contribution in [2.75, 3.05) is 0 Å². The number of hydrogen-bond acceptors (Lipinski definition) is 3. The van der Waals surface area contributed by atoms with Gasteiger partial charge in [0.15, 0.2) is 5.69 Å². The molecule has 0 bridgehead atoms. The van der Waals surface area contributed by atoms with E-state index in [2.05, 4.69) is 11.9 Å². The lowest BCUT2D eigenvalue weighted by molar-refractivity contribution is 0.0692. The summed E-state index contributed by atoms with van der Waals surface area (Å²) < 4.78 is 0. The normalized spacial score (nSPS) is 10.6. The summed E-state index contributed by atoms with van der Waals surface area (Å²) in [5.41, 5.74) is 2.26. The van der Waals surface area contributed by atoms with Gasteiger partial charge in [-0.2, -0.15) is 0 Å². The molecule has 18 heavy (non-hydrogen) atoms. The summed E-state index contributed by atoms with van der Waals surface area (Å²) in [6.07, 6.45) is 1.80. The van der Waals surface area contributed by atoms with E-state index in [1.807, 2.05) is 31.2 Å². The van der Waals surface area contributed by atoms with E-state index in [1.54, 1.807) is 0 Å². The van der Waals surface area contributed by atoms with Crippen LogP contribution in [0.1, 0.15) is 34.4 Å². The molecule has 1 aromatic carbocycles. The minimum Gasteiger partial charge on any atom is -0.476 e. The molecular formula is C14H15NO2S. The monoisotopic (exact) mass is 261 g/mol. The van der Waals surface area contributed by atoms with Gasteiger partial charge in [-0.1, -0.05) is 36.8 Å². The summed E-state index contributed by atoms with van der Waals surface area (Å²) in [6, 6.07) is 7.87. The molecular weight excluding hydrogens is 246 g/mol. The second-order valence-electron chi connectivity index (χ2n) is 4.21. The van der Waals surface area contributed by atoms with E-state index in [0.29, 0.717) is 0 Å². The number of aromatic nitrogens is 1. The summed E-state index contributed by atoms with van der Waals surface area (Å²) in [5, 5.41) is 10.1. The van der Waals surface area contributed by atoms with Crippen molar-refractivity contribution in [2.45, 2.75) is 26.7 Å². The first-order valence-corrected chi connectivity index (χ1v) is 6.73. The number of rotatable bonds is 4. The second-order valence-corrected chi connectivity index (χ2v) is 5.29. The van der Waals surface area contributed by atoms with Crippen LogP contribution in [0.25, 0.3) is 10.4 Å². The highest BCUT2D eigenvalue weighted by Gasteiger charge is 2.18. The lowest BCUT2D eigenvalue weighted by Gasteiger charge is -1.99. The van der Waals surface area contributed by atoms with Crippen molar-refractivity contribution < 1.29 is 9.90 Å². The molecule has 1 N–H and O–H groups in total. The average Bonchev–Trinajstić information content (AvgIpc) is 2.75. The highest BCUT2D eigenvalue weighted by Crippen LogP contribution is 2.31. The zero-order valence-electron chi connectivity index (χ0n) is 10.4. The summed E-state index contributed by atoms with van der Waals surface area (Å²) >= 11 is 1.48. The van der Waals surface area contributed by atoms with Gasteiger partial charge in [0.05, 0.1) is 9.88 Å². The third-order valence-electron chi connectivity index (χ3n) is 2.65. The van der Waals surface area contributed by atoms with Gasteiger partial charge in [-0.25, -0.2) is 9.78 Å². The van der Waals surface area contributed by atoms with Crippen LogP contribution in [0, 0.1) is 6.92 Å². The number of thiazole rings is 1. The van der Waals surface area contributed by atoms with Crippen LogP contribution < -0.4 is 0 Å². The van der Waals surface area contributed by atoms with Crippen LogP contribution in [0.5, 0.6) is 0 Å². The molecule has 0 saturated carbocycles. The Bertz CT molecular complexity index is 558. The fourth-order valence-corrected chi connectivity index (χ4v) is 2.89. The van der Waals surface area contributed by atoms with Crippen LogP contribution in [0.15, 0.2) is 24.3 Å². The molecule has 2 aromatic rings. The summed E-state index contributed by atoms with van der Waals surface area (Å²) in [7, 11) is 0. The first-order valence-electron chi connectivity index (χ1n) is 5.92. The second kappa shape index (κ2) is 5.31. The Kier molecular flexibility index (Phi) is 3.77. The Labute approximate surface area is 110 Å². The molecule has 2 rings (SSSR count). The Morgan fingerprint density at radius 3 is 2.56 bits per heavy atom. The van der Waals surface area contributed by atoms with Crippen LogP contribution in [-0.2, 0) is 6.42 Å². The molecule has 4 heteroatoms. The number of carbonyl (C=O) groups is 1. The molecule has 0 unspecified atom stereocenters. The maximum atomic E-state index is 11.2. The summed E-state index contributed by atoms with van der Waals surface area (Å²) in [4.78, 5) is 16.2. The number of nitrogens with zero attached hydrogens (tertiary/aromatic N) is 1. The Morgan fingerprint density at radius 1 is 1.33 bits per heavy atom. The van der Waals surface area contributed by atoms with Gasteiger partial charge >= 0.3 is 5.97 Å². The Morgan fingerprint density at radius 2 is 2.00 bits per heavy atom. The Hall–Kier alpha value is -1.68. The van der Waals surface area contributed by atoms with Crippen LogP contribution >= 0.6 is 11.3 Å². The zero-order valence-corrected chi connectivity index (χ0v) is 11.3. The molecule has 0 aliphatic carbocycles. The van der Waals surface area contributed by atoms with Crippen LogP contribution in [-0.4, -0.2) is 16.1 Å². The van der Waals surface area contributed by atoms with Gasteiger partial charge < -0.3 is 5.11 Å². The predicted octanol–water partition coefficient (Wildman–Crippen LogP) is 3.77. The third-order valence-corrected chi connectivity index (χ3v) is 3.82. The lowest BCUT2D eigenvalue weighted by atomic mass is 10.1. The molecule has 0 saturated heterocycles. The molecule has 1 heterocycles.